The van der Waals surface area contributed by atoms with Crippen LogP contribution in [0.15, 0.2) is 23.1 Å². The Morgan fingerprint density at radius 3 is 2.70 bits per heavy atom. The van der Waals surface area contributed by atoms with Gasteiger partial charge in [-0.25, -0.2) is 12.8 Å². The monoisotopic (exact) mass is 302 g/mol. The second-order valence-corrected chi connectivity index (χ2v) is 6.46. The third kappa shape index (κ3) is 3.35. The molecule has 5 nitrogen and oxygen atoms in total. The van der Waals surface area contributed by atoms with Crippen molar-refractivity contribution >= 4 is 10.0 Å². The summed E-state index contributed by atoms with van der Waals surface area (Å²) in [5.41, 5.74) is 0.583. The summed E-state index contributed by atoms with van der Waals surface area (Å²) in [5, 5.41) is 3.07. The van der Waals surface area contributed by atoms with Crippen molar-refractivity contribution in [2.24, 2.45) is 0 Å². The minimum absolute atomic E-state index is 0.0420. The maximum Gasteiger partial charge on any atom is 0.243 e. The standard InChI is InChI=1S/C13H19FN2O3S/c1-2-15-10-11-3-4-12(14)9-13(11)20(17,18)16-5-7-19-8-6-16/h3-4,9,15H,2,5-8,10H2,1H3. The molecule has 0 radical (unpaired) electrons. The number of ether oxygens (including phenoxy) is 1. The molecule has 1 aromatic rings. The van der Waals surface area contributed by atoms with Crippen molar-refractivity contribution in [1.29, 1.82) is 0 Å². The maximum absolute atomic E-state index is 13.4. The lowest BCUT2D eigenvalue weighted by atomic mass is 10.2. The molecule has 1 aromatic carbocycles. The summed E-state index contributed by atoms with van der Waals surface area (Å²) in [7, 11) is -3.67. The Balaban J connectivity index is 2.35. The summed E-state index contributed by atoms with van der Waals surface area (Å²) >= 11 is 0. The van der Waals surface area contributed by atoms with Gasteiger partial charge < -0.3 is 10.1 Å². The first-order chi connectivity index (χ1) is 9.55. The Bertz CT molecular complexity index is 557. The van der Waals surface area contributed by atoms with Crippen molar-refractivity contribution in [2.45, 2.75) is 18.4 Å². The van der Waals surface area contributed by atoms with Crippen LogP contribution in [-0.4, -0.2) is 45.6 Å². The Morgan fingerprint density at radius 1 is 1.35 bits per heavy atom. The van der Waals surface area contributed by atoms with Crippen molar-refractivity contribution in [3.05, 3.63) is 29.6 Å². The van der Waals surface area contributed by atoms with Crippen molar-refractivity contribution < 1.29 is 17.5 Å². The van der Waals surface area contributed by atoms with Gasteiger partial charge in [-0.3, -0.25) is 0 Å². The van der Waals surface area contributed by atoms with Crippen LogP contribution in [0.1, 0.15) is 12.5 Å². The van der Waals surface area contributed by atoms with Crippen molar-refractivity contribution in [3.8, 4) is 0 Å². The number of hydrogen-bond acceptors (Lipinski definition) is 4. The second-order valence-electron chi connectivity index (χ2n) is 4.55. The number of halogens is 1. The fourth-order valence-corrected chi connectivity index (χ4v) is 3.74. The van der Waals surface area contributed by atoms with Gasteiger partial charge in [0.1, 0.15) is 5.82 Å². The van der Waals surface area contributed by atoms with Crippen molar-refractivity contribution in [3.63, 3.8) is 0 Å². The van der Waals surface area contributed by atoms with Gasteiger partial charge in [0.2, 0.25) is 10.0 Å². The predicted octanol–water partition coefficient (Wildman–Crippen LogP) is 0.956. The minimum Gasteiger partial charge on any atom is -0.379 e. The molecule has 0 unspecified atom stereocenters. The Hall–Kier alpha value is -1.02. The lowest BCUT2D eigenvalue weighted by Crippen LogP contribution is -2.41. The third-order valence-corrected chi connectivity index (χ3v) is 5.16. The fraction of sp³-hybridized carbons (Fsp3) is 0.538. The van der Waals surface area contributed by atoms with E-state index in [0.717, 1.165) is 6.07 Å². The number of nitrogens with zero attached hydrogens (tertiary/aromatic N) is 1. The molecule has 0 spiro atoms. The molecule has 0 amide bonds. The molecule has 1 heterocycles. The number of morpholine rings is 1. The van der Waals surface area contributed by atoms with Gasteiger partial charge >= 0.3 is 0 Å². The molecule has 1 aliphatic rings. The zero-order valence-corrected chi connectivity index (χ0v) is 12.2. The second kappa shape index (κ2) is 6.62. The number of hydrogen-bond donors (Lipinski definition) is 1. The highest BCUT2D eigenvalue weighted by atomic mass is 32.2. The Morgan fingerprint density at radius 2 is 2.05 bits per heavy atom. The first-order valence-corrected chi connectivity index (χ1v) is 8.06. The van der Waals surface area contributed by atoms with Gasteiger partial charge in [0.05, 0.1) is 18.1 Å². The van der Waals surface area contributed by atoms with Crippen LogP contribution in [0.4, 0.5) is 4.39 Å². The van der Waals surface area contributed by atoms with E-state index >= 15 is 0 Å². The highest BCUT2D eigenvalue weighted by molar-refractivity contribution is 7.89. The predicted molar refractivity (Wildman–Crippen MR) is 73.4 cm³/mol. The zero-order chi connectivity index (χ0) is 14.6. The quantitative estimate of drug-likeness (QED) is 0.880. The molecule has 0 atom stereocenters. The van der Waals surface area contributed by atoms with E-state index in [0.29, 0.717) is 45.0 Å². The van der Waals surface area contributed by atoms with Crippen LogP contribution in [0.2, 0.25) is 0 Å². The Kier molecular flexibility index (Phi) is 5.09. The summed E-state index contributed by atoms with van der Waals surface area (Å²) in [6.45, 7) is 4.40. The molecule has 0 aromatic heterocycles. The van der Waals surface area contributed by atoms with E-state index in [9.17, 15) is 12.8 Å². The van der Waals surface area contributed by atoms with E-state index in [1.54, 1.807) is 0 Å². The molecule has 0 bridgehead atoms. The van der Waals surface area contributed by atoms with Crippen LogP contribution in [0.5, 0.6) is 0 Å². The highest BCUT2D eigenvalue weighted by Gasteiger charge is 2.28. The number of sulfonamides is 1. The molecule has 2 rings (SSSR count). The molecule has 0 aliphatic carbocycles. The highest BCUT2D eigenvalue weighted by Crippen LogP contribution is 2.22. The Labute approximate surface area is 118 Å². The van der Waals surface area contributed by atoms with Gasteiger partial charge in [0, 0.05) is 19.6 Å². The fourth-order valence-electron chi connectivity index (χ4n) is 2.10. The van der Waals surface area contributed by atoms with Gasteiger partial charge in [-0.1, -0.05) is 13.0 Å². The van der Waals surface area contributed by atoms with E-state index < -0.39 is 15.8 Å². The summed E-state index contributed by atoms with van der Waals surface area (Å²) in [6.07, 6.45) is 0. The summed E-state index contributed by atoms with van der Waals surface area (Å²) in [4.78, 5) is 0.0420. The zero-order valence-electron chi connectivity index (χ0n) is 11.4. The third-order valence-electron chi connectivity index (χ3n) is 3.18. The van der Waals surface area contributed by atoms with E-state index in [4.69, 9.17) is 4.74 Å². The number of rotatable bonds is 5. The summed E-state index contributed by atoms with van der Waals surface area (Å²) in [5.74, 6) is -0.544. The maximum atomic E-state index is 13.4. The van der Waals surface area contributed by atoms with E-state index in [-0.39, 0.29) is 4.90 Å². The van der Waals surface area contributed by atoms with Crippen LogP contribution in [-0.2, 0) is 21.3 Å². The molecule has 1 saturated heterocycles. The lowest BCUT2D eigenvalue weighted by molar-refractivity contribution is 0.0730. The molecule has 20 heavy (non-hydrogen) atoms. The van der Waals surface area contributed by atoms with Gasteiger partial charge in [0.15, 0.2) is 0 Å². The molecule has 0 saturated carbocycles. The largest absolute Gasteiger partial charge is 0.379 e. The molecule has 112 valence electrons. The smallest absolute Gasteiger partial charge is 0.243 e. The van der Waals surface area contributed by atoms with E-state index in [2.05, 4.69) is 5.32 Å². The first-order valence-electron chi connectivity index (χ1n) is 6.62. The SMILES string of the molecule is CCNCc1ccc(F)cc1S(=O)(=O)N1CCOCC1. The van der Waals surface area contributed by atoms with Crippen molar-refractivity contribution in [1.82, 2.24) is 9.62 Å². The minimum atomic E-state index is -3.67. The van der Waals surface area contributed by atoms with Crippen LogP contribution in [0.25, 0.3) is 0 Å². The van der Waals surface area contributed by atoms with Crippen LogP contribution in [0, 0.1) is 5.82 Å². The van der Waals surface area contributed by atoms with Gasteiger partial charge in [-0.2, -0.15) is 4.31 Å². The molecule has 7 heteroatoms. The molecular formula is C13H19FN2O3S. The average molecular weight is 302 g/mol. The number of benzene rings is 1. The van der Waals surface area contributed by atoms with E-state index in [1.807, 2.05) is 6.92 Å². The average Bonchev–Trinajstić information content (AvgIpc) is 2.47. The molecule has 1 N–H and O–H groups in total. The molecule has 1 fully saturated rings. The van der Waals surface area contributed by atoms with Crippen LogP contribution in [0.3, 0.4) is 0 Å². The normalized spacial score (nSPS) is 17.3. The van der Waals surface area contributed by atoms with Crippen LogP contribution < -0.4 is 5.32 Å². The number of nitrogens with one attached hydrogen (secondary N) is 1. The lowest BCUT2D eigenvalue weighted by Gasteiger charge is -2.27. The first kappa shape index (κ1) is 15.4. The van der Waals surface area contributed by atoms with E-state index in [1.165, 1.54) is 16.4 Å². The van der Waals surface area contributed by atoms with Gasteiger partial charge in [-0.15, -0.1) is 0 Å². The summed E-state index contributed by atoms with van der Waals surface area (Å²) in [6, 6.07) is 3.90. The molecule has 1 aliphatic heterocycles. The topological polar surface area (TPSA) is 58.6 Å². The van der Waals surface area contributed by atoms with Gasteiger partial charge in [0.25, 0.3) is 0 Å². The van der Waals surface area contributed by atoms with Crippen LogP contribution >= 0.6 is 0 Å². The molecular weight excluding hydrogens is 283 g/mol. The van der Waals surface area contributed by atoms with Crippen molar-refractivity contribution in [2.75, 3.05) is 32.8 Å². The van der Waals surface area contributed by atoms with Gasteiger partial charge in [-0.05, 0) is 24.2 Å². The summed E-state index contributed by atoms with van der Waals surface area (Å²) < 4.78 is 45.1.